The predicted molar refractivity (Wildman–Crippen MR) is 74.1 cm³/mol. The van der Waals surface area contributed by atoms with Gasteiger partial charge in [-0.1, -0.05) is 0 Å². The first kappa shape index (κ1) is 14.9. The van der Waals surface area contributed by atoms with Crippen LogP contribution in [-0.4, -0.2) is 34.7 Å². The van der Waals surface area contributed by atoms with Crippen LogP contribution in [0.1, 0.15) is 23.2 Å². The first-order valence-corrected chi connectivity index (χ1v) is 6.57. The molecule has 1 heterocycles. The third kappa shape index (κ3) is 3.34. The number of non-ortho nitro benzene ring substituents is 1. The molecule has 0 aliphatic carbocycles. The Morgan fingerprint density at radius 2 is 2.00 bits per heavy atom. The van der Waals surface area contributed by atoms with Crippen LogP contribution in [0.15, 0.2) is 24.3 Å². The molecule has 0 saturated carbocycles. The number of nitrogens with zero attached hydrogens (tertiary/aromatic N) is 2. The van der Waals surface area contributed by atoms with Gasteiger partial charge in [-0.15, -0.1) is 0 Å². The van der Waals surface area contributed by atoms with E-state index in [1.54, 1.807) is 4.90 Å². The van der Waals surface area contributed by atoms with Gasteiger partial charge in [0, 0.05) is 30.8 Å². The van der Waals surface area contributed by atoms with Gasteiger partial charge in [0.15, 0.2) is 0 Å². The number of hydrogen-bond donors (Lipinski definition) is 2. The van der Waals surface area contributed by atoms with Crippen molar-refractivity contribution in [2.75, 3.05) is 13.1 Å². The summed E-state index contributed by atoms with van der Waals surface area (Å²) in [6, 6.07) is 5.43. The topological polar surface area (TPSA) is 119 Å². The summed E-state index contributed by atoms with van der Waals surface area (Å²) in [5.41, 5.74) is 2.41. The van der Waals surface area contributed by atoms with E-state index < -0.39 is 4.92 Å². The van der Waals surface area contributed by atoms with Crippen LogP contribution in [0.2, 0.25) is 0 Å². The van der Waals surface area contributed by atoms with E-state index in [9.17, 15) is 19.7 Å². The molecule has 3 N–H and O–H groups in total. The molecule has 1 aromatic carbocycles. The van der Waals surface area contributed by atoms with Crippen molar-refractivity contribution in [3.05, 3.63) is 39.9 Å². The number of rotatable bonds is 3. The van der Waals surface area contributed by atoms with Crippen LogP contribution in [0, 0.1) is 16.0 Å². The molecule has 1 unspecified atom stereocenters. The van der Waals surface area contributed by atoms with Gasteiger partial charge in [-0.25, -0.2) is 5.84 Å². The number of nitrogens with two attached hydrogens (primary N) is 1. The Hall–Kier alpha value is -2.48. The summed E-state index contributed by atoms with van der Waals surface area (Å²) in [6.07, 6.45) is 1.41. The molecule has 1 atom stereocenters. The van der Waals surface area contributed by atoms with Gasteiger partial charge in [0.2, 0.25) is 5.91 Å². The lowest BCUT2D eigenvalue weighted by Gasteiger charge is -2.31. The highest BCUT2D eigenvalue weighted by atomic mass is 16.6. The number of nitro groups is 1. The second-order valence-corrected chi connectivity index (χ2v) is 4.90. The Labute approximate surface area is 121 Å². The van der Waals surface area contributed by atoms with Crippen molar-refractivity contribution in [3.63, 3.8) is 0 Å². The van der Waals surface area contributed by atoms with E-state index in [1.165, 1.54) is 24.3 Å². The number of benzene rings is 1. The molecule has 1 aliphatic rings. The Morgan fingerprint density at radius 3 is 2.57 bits per heavy atom. The van der Waals surface area contributed by atoms with E-state index in [0.29, 0.717) is 25.1 Å². The zero-order valence-corrected chi connectivity index (χ0v) is 11.3. The Kier molecular flexibility index (Phi) is 4.49. The van der Waals surface area contributed by atoms with Crippen molar-refractivity contribution >= 4 is 17.5 Å². The predicted octanol–water partition coefficient (Wildman–Crippen LogP) is 0.437. The van der Waals surface area contributed by atoms with Gasteiger partial charge < -0.3 is 4.90 Å². The van der Waals surface area contributed by atoms with Gasteiger partial charge in [0.25, 0.3) is 11.6 Å². The number of nitro benzene ring substituents is 1. The fourth-order valence-corrected chi connectivity index (χ4v) is 2.40. The summed E-state index contributed by atoms with van der Waals surface area (Å²) in [4.78, 5) is 35.5. The van der Waals surface area contributed by atoms with E-state index in [-0.39, 0.29) is 23.4 Å². The van der Waals surface area contributed by atoms with Crippen molar-refractivity contribution in [2.45, 2.75) is 12.8 Å². The number of hydrazine groups is 1. The van der Waals surface area contributed by atoms with E-state index in [4.69, 9.17) is 5.84 Å². The lowest BCUT2D eigenvalue weighted by Crippen LogP contribution is -2.46. The second-order valence-electron chi connectivity index (χ2n) is 4.90. The van der Waals surface area contributed by atoms with E-state index in [2.05, 4.69) is 5.43 Å². The molecule has 2 amide bonds. The summed E-state index contributed by atoms with van der Waals surface area (Å²) < 4.78 is 0. The number of amides is 2. The number of carbonyl (C=O) groups excluding carboxylic acids is 2. The molecular formula is C13H16N4O4. The third-order valence-electron chi connectivity index (χ3n) is 3.55. The van der Waals surface area contributed by atoms with Crippen LogP contribution < -0.4 is 11.3 Å². The maximum atomic E-state index is 12.3. The molecule has 0 bridgehead atoms. The SMILES string of the molecule is NNC(=O)C1CCCN(C(=O)c2ccc([N+](=O)[O-])cc2)C1. The monoisotopic (exact) mass is 292 g/mol. The van der Waals surface area contributed by atoms with Crippen molar-refractivity contribution in [1.82, 2.24) is 10.3 Å². The summed E-state index contributed by atoms with van der Waals surface area (Å²) >= 11 is 0. The highest BCUT2D eigenvalue weighted by Gasteiger charge is 2.28. The molecule has 8 heteroatoms. The van der Waals surface area contributed by atoms with E-state index >= 15 is 0 Å². The van der Waals surface area contributed by atoms with Crippen LogP contribution >= 0.6 is 0 Å². The fraction of sp³-hybridized carbons (Fsp3) is 0.385. The van der Waals surface area contributed by atoms with E-state index in [0.717, 1.165) is 6.42 Å². The molecule has 8 nitrogen and oxygen atoms in total. The van der Waals surface area contributed by atoms with Gasteiger partial charge in [-0.3, -0.25) is 25.1 Å². The normalized spacial score (nSPS) is 18.1. The molecule has 1 aliphatic heterocycles. The second kappa shape index (κ2) is 6.31. The molecule has 1 saturated heterocycles. The first-order valence-electron chi connectivity index (χ1n) is 6.57. The fourth-order valence-electron chi connectivity index (χ4n) is 2.40. The minimum Gasteiger partial charge on any atom is -0.338 e. The Bertz CT molecular complexity index is 558. The average Bonchev–Trinajstić information content (AvgIpc) is 2.53. The zero-order chi connectivity index (χ0) is 15.4. The van der Waals surface area contributed by atoms with Crippen molar-refractivity contribution < 1.29 is 14.5 Å². The highest BCUT2D eigenvalue weighted by molar-refractivity contribution is 5.95. The average molecular weight is 292 g/mol. The summed E-state index contributed by atoms with van der Waals surface area (Å²) in [7, 11) is 0. The first-order chi connectivity index (χ1) is 10.0. The summed E-state index contributed by atoms with van der Waals surface area (Å²) in [5.74, 6) is 4.28. The molecule has 21 heavy (non-hydrogen) atoms. The molecule has 112 valence electrons. The number of hydrogen-bond acceptors (Lipinski definition) is 5. The number of piperidine rings is 1. The van der Waals surface area contributed by atoms with E-state index in [1.807, 2.05) is 0 Å². The smallest absolute Gasteiger partial charge is 0.269 e. The summed E-state index contributed by atoms with van der Waals surface area (Å²) in [6.45, 7) is 0.864. The summed E-state index contributed by atoms with van der Waals surface area (Å²) in [5, 5.41) is 10.6. The quantitative estimate of drug-likeness (QED) is 0.362. The molecule has 2 rings (SSSR count). The maximum Gasteiger partial charge on any atom is 0.269 e. The number of nitrogens with one attached hydrogen (secondary N) is 1. The number of carbonyl (C=O) groups is 2. The molecule has 1 aromatic rings. The van der Waals surface area contributed by atoms with Crippen LogP contribution in [0.25, 0.3) is 0 Å². The minimum absolute atomic E-state index is 0.0643. The molecule has 0 aromatic heterocycles. The Balaban J connectivity index is 2.08. The van der Waals surface area contributed by atoms with Crippen LogP contribution in [0.4, 0.5) is 5.69 Å². The van der Waals surface area contributed by atoms with Crippen molar-refractivity contribution in [3.8, 4) is 0 Å². The maximum absolute atomic E-state index is 12.3. The minimum atomic E-state index is -0.517. The van der Waals surface area contributed by atoms with Gasteiger partial charge >= 0.3 is 0 Å². The van der Waals surface area contributed by atoms with Crippen LogP contribution in [0.5, 0.6) is 0 Å². The van der Waals surface area contributed by atoms with Gasteiger partial charge in [0.1, 0.15) is 0 Å². The third-order valence-corrected chi connectivity index (χ3v) is 3.55. The molecular weight excluding hydrogens is 276 g/mol. The van der Waals surface area contributed by atoms with Gasteiger partial charge in [0.05, 0.1) is 10.8 Å². The molecule has 0 spiro atoms. The lowest BCUT2D eigenvalue weighted by atomic mass is 9.96. The van der Waals surface area contributed by atoms with Crippen molar-refractivity contribution in [1.29, 1.82) is 0 Å². The Morgan fingerprint density at radius 1 is 1.33 bits per heavy atom. The largest absolute Gasteiger partial charge is 0.338 e. The van der Waals surface area contributed by atoms with Gasteiger partial charge in [-0.05, 0) is 25.0 Å². The zero-order valence-electron chi connectivity index (χ0n) is 11.3. The lowest BCUT2D eigenvalue weighted by molar-refractivity contribution is -0.384. The number of likely N-dealkylation sites (tertiary alicyclic amines) is 1. The standard InChI is InChI=1S/C13H16N4O4/c14-15-12(18)10-2-1-7-16(8-10)13(19)9-3-5-11(6-4-9)17(20)21/h3-6,10H,1-2,7-8,14H2,(H,15,18). The van der Waals surface area contributed by atoms with Crippen LogP contribution in [-0.2, 0) is 4.79 Å². The van der Waals surface area contributed by atoms with Crippen molar-refractivity contribution in [2.24, 2.45) is 11.8 Å². The molecule has 1 fully saturated rings. The highest BCUT2D eigenvalue weighted by Crippen LogP contribution is 2.20. The van der Waals surface area contributed by atoms with Crippen LogP contribution in [0.3, 0.4) is 0 Å². The van der Waals surface area contributed by atoms with Gasteiger partial charge in [-0.2, -0.15) is 0 Å². The molecule has 0 radical (unpaired) electrons.